The number of anilines is 1. The Labute approximate surface area is 104 Å². The van der Waals surface area contributed by atoms with E-state index in [9.17, 15) is 0 Å². The molecule has 2 N–H and O–H groups in total. The Morgan fingerprint density at radius 2 is 1.94 bits per heavy atom. The second kappa shape index (κ2) is 5.05. The number of hydrogen-bond acceptors (Lipinski definition) is 5. The first kappa shape index (κ1) is 11.7. The number of ether oxygens (including phenoxy) is 1. The summed E-state index contributed by atoms with van der Waals surface area (Å²) in [6.45, 7) is 1.88. The molecule has 0 saturated carbocycles. The average molecular weight is 247 g/mol. The van der Waals surface area contributed by atoms with Crippen molar-refractivity contribution >= 4 is 17.7 Å². The van der Waals surface area contributed by atoms with Gasteiger partial charge in [0.2, 0.25) is 11.8 Å². The van der Waals surface area contributed by atoms with Gasteiger partial charge in [-0.25, -0.2) is 4.98 Å². The second-order valence-corrected chi connectivity index (χ2v) is 4.37. The molecule has 0 aliphatic rings. The first-order valence-corrected chi connectivity index (χ1v) is 6.32. The van der Waals surface area contributed by atoms with Crippen LogP contribution in [0.1, 0.15) is 5.56 Å². The SMILES string of the molecule is CSc1ccc(Oc2nc(N)ncc2C)cc1. The van der Waals surface area contributed by atoms with E-state index in [1.807, 2.05) is 37.4 Å². The van der Waals surface area contributed by atoms with E-state index in [1.165, 1.54) is 4.90 Å². The largest absolute Gasteiger partial charge is 0.439 e. The lowest BCUT2D eigenvalue weighted by atomic mass is 10.3. The number of aromatic nitrogens is 2. The lowest BCUT2D eigenvalue weighted by Crippen LogP contribution is -1.98. The molecule has 5 heteroatoms. The number of thioether (sulfide) groups is 1. The summed E-state index contributed by atoms with van der Waals surface area (Å²) in [4.78, 5) is 9.13. The highest BCUT2D eigenvalue weighted by atomic mass is 32.2. The van der Waals surface area contributed by atoms with Gasteiger partial charge >= 0.3 is 0 Å². The standard InChI is InChI=1S/C12H13N3OS/c1-8-7-14-12(13)15-11(8)16-9-3-5-10(17-2)6-4-9/h3-7H,1-2H3,(H2,13,14,15). The van der Waals surface area contributed by atoms with Crippen molar-refractivity contribution in [2.75, 3.05) is 12.0 Å². The maximum atomic E-state index is 5.65. The van der Waals surface area contributed by atoms with Gasteiger partial charge in [-0.1, -0.05) is 0 Å². The molecule has 0 spiro atoms. The zero-order chi connectivity index (χ0) is 12.3. The minimum absolute atomic E-state index is 0.214. The van der Waals surface area contributed by atoms with Crippen LogP contribution in [-0.2, 0) is 0 Å². The molecule has 0 aliphatic carbocycles. The Bertz CT molecular complexity index is 514. The smallest absolute Gasteiger partial charge is 0.226 e. The van der Waals surface area contributed by atoms with Gasteiger partial charge in [0, 0.05) is 16.7 Å². The van der Waals surface area contributed by atoms with Gasteiger partial charge in [0.05, 0.1) is 0 Å². The van der Waals surface area contributed by atoms with E-state index in [4.69, 9.17) is 10.5 Å². The fraction of sp³-hybridized carbons (Fsp3) is 0.167. The summed E-state index contributed by atoms with van der Waals surface area (Å²) in [6, 6.07) is 7.81. The molecule has 2 rings (SSSR count). The fourth-order valence-corrected chi connectivity index (χ4v) is 1.71. The molecule has 0 amide bonds. The van der Waals surface area contributed by atoms with Crippen LogP contribution < -0.4 is 10.5 Å². The Hall–Kier alpha value is -1.75. The summed E-state index contributed by atoms with van der Waals surface area (Å²) in [7, 11) is 0. The summed E-state index contributed by atoms with van der Waals surface area (Å²) in [5.74, 6) is 1.45. The fourth-order valence-electron chi connectivity index (χ4n) is 1.30. The van der Waals surface area contributed by atoms with Crippen LogP contribution >= 0.6 is 11.8 Å². The van der Waals surface area contributed by atoms with Crippen LogP contribution in [0.5, 0.6) is 11.6 Å². The third-order valence-electron chi connectivity index (χ3n) is 2.22. The minimum atomic E-state index is 0.214. The summed E-state index contributed by atoms with van der Waals surface area (Å²) in [5.41, 5.74) is 6.38. The molecule has 0 saturated heterocycles. The van der Waals surface area contributed by atoms with Gasteiger partial charge in [0.25, 0.3) is 0 Å². The van der Waals surface area contributed by atoms with Crippen molar-refractivity contribution in [3.8, 4) is 11.6 Å². The summed E-state index contributed by atoms with van der Waals surface area (Å²) >= 11 is 1.69. The lowest BCUT2D eigenvalue weighted by Gasteiger charge is -2.07. The van der Waals surface area contributed by atoms with Gasteiger partial charge < -0.3 is 10.5 Å². The van der Waals surface area contributed by atoms with E-state index in [1.54, 1.807) is 18.0 Å². The van der Waals surface area contributed by atoms with Gasteiger partial charge in [-0.2, -0.15) is 4.98 Å². The number of hydrogen-bond donors (Lipinski definition) is 1. The van der Waals surface area contributed by atoms with Crippen LogP contribution in [0.25, 0.3) is 0 Å². The summed E-state index contributed by atoms with van der Waals surface area (Å²) in [6.07, 6.45) is 3.68. The highest BCUT2D eigenvalue weighted by Crippen LogP contribution is 2.25. The topological polar surface area (TPSA) is 61.0 Å². The molecule has 1 heterocycles. The third-order valence-corrected chi connectivity index (χ3v) is 2.96. The van der Waals surface area contributed by atoms with Crippen molar-refractivity contribution in [2.24, 2.45) is 0 Å². The second-order valence-electron chi connectivity index (χ2n) is 3.49. The predicted molar refractivity (Wildman–Crippen MR) is 69.5 cm³/mol. The Morgan fingerprint density at radius 1 is 1.24 bits per heavy atom. The minimum Gasteiger partial charge on any atom is -0.439 e. The van der Waals surface area contributed by atoms with Gasteiger partial charge in [0.1, 0.15) is 5.75 Å². The molecule has 0 unspecified atom stereocenters. The van der Waals surface area contributed by atoms with Gasteiger partial charge in [-0.15, -0.1) is 11.8 Å². The Balaban J connectivity index is 2.22. The van der Waals surface area contributed by atoms with Crippen molar-refractivity contribution in [3.63, 3.8) is 0 Å². The van der Waals surface area contributed by atoms with Crippen LogP contribution in [0.3, 0.4) is 0 Å². The van der Waals surface area contributed by atoms with Crippen molar-refractivity contribution in [2.45, 2.75) is 11.8 Å². The molecule has 0 atom stereocenters. The average Bonchev–Trinajstić information content (AvgIpc) is 2.35. The van der Waals surface area contributed by atoms with E-state index >= 15 is 0 Å². The van der Waals surface area contributed by atoms with Crippen molar-refractivity contribution < 1.29 is 4.74 Å². The number of nitrogen functional groups attached to an aromatic ring is 1. The molecule has 17 heavy (non-hydrogen) atoms. The molecule has 4 nitrogen and oxygen atoms in total. The Morgan fingerprint density at radius 3 is 2.59 bits per heavy atom. The summed E-state index contributed by atoms with van der Waals surface area (Å²) < 4.78 is 5.65. The number of rotatable bonds is 3. The van der Waals surface area contributed by atoms with Crippen molar-refractivity contribution in [1.82, 2.24) is 9.97 Å². The van der Waals surface area contributed by atoms with Crippen molar-refractivity contribution in [3.05, 3.63) is 36.0 Å². The zero-order valence-corrected chi connectivity index (χ0v) is 10.5. The van der Waals surface area contributed by atoms with Gasteiger partial charge in [-0.3, -0.25) is 0 Å². The maximum Gasteiger partial charge on any atom is 0.226 e. The molecule has 0 aliphatic heterocycles. The normalized spacial score (nSPS) is 10.2. The number of nitrogens with two attached hydrogens (primary N) is 1. The molecule has 0 bridgehead atoms. The Kier molecular flexibility index (Phi) is 3.49. The van der Waals surface area contributed by atoms with Crippen LogP contribution in [0.2, 0.25) is 0 Å². The zero-order valence-electron chi connectivity index (χ0n) is 9.68. The number of nitrogens with zero attached hydrogens (tertiary/aromatic N) is 2. The van der Waals surface area contributed by atoms with E-state index in [-0.39, 0.29) is 5.95 Å². The lowest BCUT2D eigenvalue weighted by molar-refractivity contribution is 0.458. The van der Waals surface area contributed by atoms with Gasteiger partial charge in [-0.05, 0) is 37.4 Å². The van der Waals surface area contributed by atoms with E-state index in [2.05, 4.69) is 9.97 Å². The molecular formula is C12H13N3OS. The molecular weight excluding hydrogens is 234 g/mol. The molecule has 0 radical (unpaired) electrons. The van der Waals surface area contributed by atoms with E-state index in [0.29, 0.717) is 5.88 Å². The van der Waals surface area contributed by atoms with E-state index in [0.717, 1.165) is 11.3 Å². The van der Waals surface area contributed by atoms with Crippen LogP contribution in [0.4, 0.5) is 5.95 Å². The molecule has 1 aromatic carbocycles. The predicted octanol–water partition coefficient (Wildman–Crippen LogP) is 2.88. The van der Waals surface area contributed by atoms with E-state index < -0.39 is 0 Å². The first-order chi connectivity index (χ1) is 8.19. The quantitative estimate of drug-likeness (QED) is 0.845. The highest BCUT2D eigenvalue weighted by molar-refractivity contribution is 7.98. The van der Waals surface area contributed by atoms with Crippen LogP contribution in [-0.4, -0.2) is 16.2 Å². The van der Waals surface area contributed by atoms with Gasteiger partial charge in [0.15, 0.2) is 0 Å². The number of benzene rings is 1. The molecule has 1 aromatic heterocycles. The molecule has 0 fully saturated rings. The maximum absolute atomic E-state index is 5.65. The molecule has 2 aromatic rings. The highest BCUT2D eigenvalue weighted by Gasteiger charge is 2.04. The third kappa shape index (κ3) is 2.88. The van der Waals surface area contributed by atoms with Crippen LogP contribution in [0, 0.1) is 6.92 Å². The number of aryl methyl sites for hydroxylation is 1. The summed E-state index contributed by atoms with van der Waals surface area (Å²) in [5, 5.41) is 0. The molecule has 88 valence electrons. The van der Waals surface area contributed by atoms with Crippen LogP contribution in [0.15, 0.2) is 35.4 Å². The van der Waals surface area contributed by atoms with Crippen molar-refractivity contribution in [1.29, 1.82) is 0 Å². The monoisotopic (exact) mass is 247 g/mol. The first-order valence-electron chi connectivity index (χ1n) is 5.10.